The minimum absolute atomic E-state index is 0.0447. The maximum Gasteiger partial charge on any atom is 0.308 e. The molecular formula is C18H18N2O4. The molecule has 1 atom stereocenters. The third kappa shape index (κ3) is 2.95. The number of carbonyl (C=O) groups is 2. The molecule has 0 saturated carbocycles. The van der Waals surface area contributed by atoms with E-state index < -0.39 is 11.9 Å². The van der Waals surface area contributed by atoms with Crippen molar-refractivity contribution in [1.29, 1.82) is 0 Å². The number of rotatable bonds is 4. The van der Waals surface area contributed by atoms with Gasteiger partial charge in [0, 0.05) is 36.5 Å². The molecule has 24 heavy (non-hydrogen) atoms. The number of carbonyl (C=O) groups excluding carboxylic acids is 1. The molecule has 1 N–H and O–H groups in total. The van der Waals surface area contributed by atoms with Crippen LogP contribution in [-0.4, -0.2) is 35.6 Å². The molecule has 1 aliphatic heterocycles. The molecule has 6 heteroatoms. The van der Waals surface area contributed by atoms with Crippen molar-refractivity contribution < 1.29 is 19.4 Å². The van der Waals surface area contributed by atoms with Crippen molar-refractivity contribution in [3.8, 4) is 17.0 Å². The lowest BCUT2D eigenvalue weighted by Gasteiger charge is -2.20. The Morgan fingerprint density at radius 2 is 2.04 bits per heavy atom. The molecule has 1 fully saturated rings. The summed E-state index contributed by atoms with van der Waals surface area (Å²) in [7, 11) is 1.56. The number of aryl methyl sites for hydroxylation is 1. The van der Waals surface area contributed by atoms with Crippen molar-refractivity contribution in [3.05, 3.63) is 42.1 Å². The lowest BCUT2D eigenvalue weighted by molar-refractivity contribution is -0.141. The van der Waals surface area contributed by atoms with Crippen LogP contribution in [0.3, 0.4) is 0 Å². The van der Waals surface area contributed by atoms with E-state index in [-0.39, 0.29) is 18.9 Å². The maximum atomic E-state index is 12.2. The average molecular weight is 326 g/mol. The molecule has 124 valence electrons. The first-order valence-corrected chi connectivity index (χ1v) is 7.64. The van der Waals surface area contributed by atoms with Crippen molar-refractivity contribution in [2.45, 2.75) is 13.3 Å². The molecule has 0 aliphatic carbocycles. The van der Waals surface area contributed by atoms with E-state index in [1.807, 2.05) is 31.2 Å². The van der Waals surface area contributed by atoms with Crippen LogP contribution in [-0.2, 0) is 9.59 Å². The number of aromatic nitrogens is 1. The van der Waals surface area contributed by atoms with Gasteiger partial charge in [-0.3, -0.25) is 9.59 Å². The number of carboxylic acids is 1. The van der Waals surface area contributed by atoms with Crippen molar-refractivity contribution >= 4 is 17.6 Å². The number of aliphatic carboxylic acids is 1. The highest BCUT2D eigenvalue weighted by Crippen LogP contribution is 2.32. The van der Waals surface area contributed by atoms with Gasteiger partial charge < -0.3 is 14.7 Å². The van der Waals surface area contributed by atoms with Gasteiger partial charge >= 0.3 is 5.97 Å². The summed E-state index contributed by atoms with van der Waals surface area (Å²) in [5.41, 5.74) is 3.49. The lowest BCUT2D eigenvalue weighted by atomic mass is 10.0. The molecule has 1 unspecified atom stereocenters. The standard InChI is InChI=1S/C18H18N2O4/c1-11-3-4-12(13-5-6-16(24-2)19-9-13)7-15(11)20-10-14(18(22)23)8-17(20)21/h3-7,9,14H,8,10H2,1-2H3,(H,22,23). The second-order valence-corrected chi connectivity index (χ2v) is 5.83. The summed E-state index contributed by atoms with van der Waals surface area (Å²) < 4.78 is 5.06. The normalized spacial score (nSPS) is 17.2. The number of carboxylic acid groups (broad SMARTS) is 1. The molecule has 1 amide bonds. The van der Waals surface area contributed by atoms with Gasteiger partial charge in [0.25, 0.3) is 0 Å². The SMILES string of the molecule is COc1ccc(-c2ccc(C)c(N3CC(C(=O)O)CC3=O)c2)cn1. The van der Waals surface area contributed by atoms with Crippen LogP contribution in [0.15, 0.2) is 36.5 Å². The van der Waals surface area contributed by atoms with Crippen LogP contribution in [0.25, 0.3) is 11.1 Å². The molecule has 3 rings (SSSR count). The molecule has 1 saturated heterocycles. The summed E-state index contributed by atoms with van der Waals surface area (Å²) >= 11 is 0. The Kier molecular flexibility index (Phi) is 4.20. The first kappa shape index (κ1) is 16.0. The topological polar surface area (TPSA) is 79.7 Å². The summed E-state index contributed by atoms with van der Waals surface area (Å²) in [5.74, 6) is -1.21. The third-order valence-electron chi connectivity index (χ3n) is 4.25. The van der Waals surface area contributed by atoms with Crippen LogP contribution in [0.5, 0.6) is 5.88 Å². The number of benzene rings is 1. The Morgan fingerprint density at radius 3 is 2.62 bits per heavy atom. The number of ether oxygens (including phenoxy) is 1. The molecule has 1 aromatic carbocycles. The molecule has 6 nitrogen and oxygen atoms in total. The van der Waals surface area contributed by atoms with Crippen LogP contribution in [0.2, 0.25) is 0 Å². The van der Waals surface area contributed by atoms with Gasteiger partial charge in [-0.25, -0.2) is 4.98 Å². The fraction of sp³-hybridized carbons (Fsp3) is 0.278. The van der Waals surface area contributed by atoms with Crippen molar-refractivity contribution in [3.63, 3.8) is 0 Å². The highest BCUT2D eigenvalue weighted by atomic mass is 16.5. The monoisotopic (exact) mass is 326 g/mol. The van der Waals surface area contributed by atoms with Crippen LogP contribution in [0, 0.1) is 12.8 Å². The van der Waals surface area contributed by atoms with Gasteiger partial charge in [0.15, 0.2) is 0 Å². The highest BCUT2D eigenvalue weighted by molar-refractivity contribution is 6.00. The number of nitrogens with zero attached hydrogens (tertiary/aromatic N) is 2. The second kappa shape index (κ2) is 6.31. The van der Waals surface area contributed by atoms with E-state index in [4.69, 9.17) is 9.84 Å². The third-order valence-corrected chi connectivity index (χ3v) is 4.25. The van der Waals surface area contributed by atoms with Crippen molar-refractivity contribution in [2.75, 3.05) is 18.6 Å². The zero-order valence-electron chi connectivity index (χ0n) is 13.5. The number of amides is 1. The predicted molar refractivity (Wildman–Crippen MR) is 89.1 cm³/mol. The van der Waals surface area contributed by atoms with Gasteiger partial charge in [-0.1, -0.05) is 12.1 Å². The van der Waals surface area contributed by atoms with E-state index in [2.05, 4.69) is 4.98 Å². The predicted octanol–water partition coefficient (Wildman–Crippen LogP) is 2.50. The van der Waals surface area contributed by atoms with Crippen LogP contribution in [0.1, 0.15) is 12.0 Å². The molecule has 0 bridgehead atoms. The quantitative estimate of drug-likeness (QED) is 0.934. The van der Waals surface area contributed by atoms with Gasteiger partial charge in [0.2, 0.25) is 11.8 Å². The molecule has 2 aromatic rings. The van der Waals surface area contributed by atoms with Gasteiger partial charge in [-0.2, -0.15) is 0 Å². The van der Waals surface area contributed by atoms with Gasteiger partial charge in [-0.15, -0.1) is 0 Å². The van der Waals surface area contributed by atoms with E-state index in [9.17, 15) is 9.59 Å². The summed E-state index contributed by atoms with van der Waals surface area (Å²) in [6.07, 6.45) is 1.75. The first-order valence-electron chi connectivity index (χ1n) is 7.64. The number of methoxy groups -OCH3 is 1. The highest BCUT2D eigenvalue weighted by Gasteiger charge is 2.35. The fourth-order valence-electron chi connectivity index (χ4n) is 2.86. The van der Waals surface area contributed by atoms with Gasteiger partial charge in [-0.05, 0) is 30.2 Å². The average Bonchev–Trinajstić information content (AvgIpc) is 2.97. The second-order valence-electron chi connectivity index (χ2n) is 5.83. The van der Waals surface area contributed by atoms with E-state index >= 15 is 0 Å². The molecule has 0 spiro atoms. The van der Waals surface area contributed by atoms with Gasteiger partial charge in [0.1, 0.15) is 0 Å². The summed E-state index contributed by atoms with van der Waals surface area (Å²) in [5, 5.41) is 9.15. The minimum Gasteiger partial charge on any atom is -0.481 e. The van der Waals surface area contributed by atoms with Crippen LogP contribution < -0.4 is 9.64 Å². The van der Waals surface area contributed by atoms with Gasteiger partial charge in [0.05, 0.1) is 13.0 Å². The molecular weight excluding hydrogens is 308 g/mol. The lowest BCUT2D eigenvalue weighted by Crippen LogP contribution is -2.26. The van der Waals surface area contributed by atoms with E-state index in [1.165, 1.54) is 0 Å². The van der Waals surface area contributed by atoms with E-state index in [0.717, 1.165) is 22.4 Å². The molecule has 2 heterocycles. The van der Waals surface area contributed by atoms with Crippen LogP contribution >= 0.6 is 0 Å². The Labute approximate surface area is 139 Å². The fourth-order valence-corrected chi connectivity index (χ4v) is 2.86. The summed E-state index contributed by atoms with van der Waals surface area (Å²) in [4.78, 5) is 29.1. The Morgan fingerprint density at radius 1 is 1.29 bits per heavy atom. The Balaban J connectivity index is 1.94. The summed E-state index contributed by atoms with van der Waals surface area (Å²) in [6, 6.07) is 9.46. The van der Waals surface area contributed by atoms with E-state index in [0.29, 0.717) is 5.88 Å². The molecule has 1 aliphatic rings. The minimum atomic E-state index is -0.931. The molecule has 1 aromatic heterocycles. The first-order chi connectivity index (χ1) is 11.5. The number of pyridine rings is 1. The number of anilines is 1. The zero-order valence-corrected chi connectivity index (χ0v) is 13.5. The maximum absolute atomic E-state index is 12.2. The Bertz CT molecular complexity index is 786. The number of hydrogen-bond acceptors (Lipinski definition) is 4. The summed E-state index contributed by atoms with van der Waals surface area (Å²) in [6.45, 7) is 2.12. The zero-order chi connectivity index (χ0) is 17.3. The smallest absolute Gasteiger partial charge is 0.308 e. The largest absolute Gasteiger partial charge is 0.481 e. The van der Waals surface area contributed by atoms with Crippen molar-refractivity contribution in [1.82, 2.24) is 4.98 Å². The number of hydrogen-bond donors (Lipinski definition) is 1. The Hall–Kier alpha value is -2.89. The molecule has 0 radical (unpaired) electrons. The van der Waals surface area contributed by atoms with E-state index in [1.54, 1.807) is 24.3 Å². The van der Waals surface area contributed by atoms with Crippen LogP contribution in [0.4, 0.5) is 5.69 Å². The van der Waals surface area contributed by atoms with Crippen molar-refractivity contribution in [2.24, 2.45) is 5.92 Å².